The van der Waals surface area contributed by atoms with Gasteiger partial charge in [-0.1, -0.05) is 60.7 Å². The third-order valence-corrected chi connectivity index (χ3v) is 5.06. The van der Waals surface area contributed by atoms with Crippen LogP contribution in [0.3, 0.4) is 0 Å². The van der Waals surface area contributed by atoms with E-state index in [2.05, 4.69) is 29.2 Å². The first-order valence-corrected chi connectivity index (χ1v) is 8.84. The zero-order valence-electron chi connectivity index (χ0n) is 14.4. The van der Waals surface area contributed by atoms with Crippen LogP contribution in [0.25, 0.3) is 0 Å². The minimum atomic E-state index is -0.769. The summed E-state index contributed by atoms with van der Waals surface area (Å²) in [5.74, 6) is -0.769. The van der Waals surface area contributed by atoms with E-state index in [1.807, 2.05) is 36.4 Å². The number of benzene rings is 2. The maximum atomic E-state index is 11.8. The van der Waals surface area contributed by atoms with Gasteiger partial charge in [0.2, 0.25) is 0 Å². The average molecular weight is 339 g/mol. The first-order valence-electron chi connectivity index (χ1n) is 8.84. The predicted molar refractivity (Wildman–Crippen MR) is 97.8 cm³/mol. The number of aliphatic carboxylic acids is 1. The summed E-state index contributed by atoms with van der Waals surface area (Å²) in [6.45, 7) is 4.19. The summed E-state index contributed by atoms with van der Waals surface area (Å²) in [7, 11) is 0. The van der Waals surface area contributed by atoms with Crippen molar-refractivity contribution in [3.8, 4) is 0 Å². The molecule has 1 heterocycles. The molecule has 2 aromatic rings. The molecule has 4 nitrogen and oxygen atoms in total. The average Bonchev–Trinajstić information content (AvgIpc) is 2.67. The van der Waals surface area contributed by atoms with Crippen LogP contribution in [0.5, 0.6) is 0 Å². The summed E-state index contributed by atoms with van der Waals surface area (Å²) in [4.78, 5) is 14.1. The molecule has 0 saturated carbocycles. The van der Waals surface area contributed by atoms with E-state index in [0.29, 0.717) is 0 Å². The smallest absolute Gasteiger partial charge is 0.304 e. The monoisotopic (exact) mass is 339 g/mol. The number of ether oxygens (including phenoxy) is 1. The van der Waals surface area contributed by atoms with Crippen molar-refractivity contribution in [2.75, 3.05) is 32.8 Å². The Bertz CT molecular complexity index is 627. The molecule has 0 unspecified atom stereocenters. The van der Waals surface area contributed by atoms with Gasteiger partial charge in [0.25, 0.3) is 0 Å². The van der Waals surface area contributed by atoms with Gasteiger partial charge in [0.05, 0.1) is 19.6 Å². The molecule has 1 N–H and O–H groups in total. The lowest BCUT2D eigenvalue weighted by molar-refractivity contribution is -0.138. The normalized spacial score (nSPS) is 15.8. The molecular weight excluding hydrogens is 314 g/mol. The van der Waals surface area contributed by atoms with Crippen LogP contribution in [0.4, 0.5) is 0 Å². The molecule has 132 valence electrons. The highest BCUT2D eigenvalue weighted by molar-refractivity contribution is 5.70. The summed E-state index contributed by atoms with van der Waals surface area (Å²) in [5, 5.41) is 9.68. The molecule has 3 rings (SSSR count). The first kappa shape index (κ1) is 17.6. The van der Waals surface area contributed by atoms with Crippen LogP contribution < -0.4 is 0 Å². The summed E-state index contributed by atoms with van der Waals surface area (Å²) >= 11 is 0. The minimum absolute atomic E-state index is 0.0887. The lowest BCUT2D eigenvalue weighted by atomic mass is 9.69. The van der Waals surface area contributed by atoms with E-state index in [9.17, 15) is 9.90 Å². The van der Waals surface area contributed by atoms with Crippen molar-refractivity contribution in [1.82, 2.24) is 4.90 Å². The molecule has 2 aromatic carbocycles. The molecule has 0 aliphatic carbocycles. The van der Waals surface area contributed by atoms with Crippen LogP contribution in [0.15, 0.2) is 60.7 Å². The minimum Gasteiger partial charge on any atom is -0.481 e. The van der Waals surface area contributed by atoms with Crippen LogP contribution in [-0.4, -0.2) is 48.8 Å². The number of hydrogen-bond donors (Lipinski definition) is 1. The number of carboxylic acid groups (broad SMARTS) is 1. The molecule has 0 aromatic heterocycles. The highest BCUT2D eigenvalue weighted by atomic mass is 16.5. The van der Waals surface area contributed by atoms with E-state index in [1.165, 1.54) is 0 Å². The van der Waals surface area contributed by atoms with Gasteiger partial charge in [-0.25, -0.2) is 0 Å². The molecule has 1 aliphatic heterocycles. The van der Waals surface area contributed by atoms with Crippen LogP contribution in [0, 0.1) is 0 Å². The van der Waals surface area contributed by atoms with Crippen molar-refractivity contribution in [2.24, 2.45) is 0 Å². The zero-order valence-corrected chi connectivity index (χ0v) is 14.4. The van der Waals surface area contributed by atoms with Crippen molar-refractivity contribution < 1.29 is 14.6 Å². The van der Waals surface area contributed by atoms with E-state index in [1.54, 1.807) is 0 Å². The SMILES string of the molecule is O=C(O)CC(CCN1CCOCC1)(c1ccccc1)c1ccccc1. The van der Waals surface area contributed by atoms with Crippen LogP contribution in [-0.2, 0) is 14.9 Å². The van der Waals surface area contributed by atoms with Gasteiger partial charge >= 0.3 is 5.97 Å². The number of carbonyl (C=O) groups is 1. The van der Waals surface area contributed by atoms with Gasteiger partial charge in [-0.2, -0.15) is 0 Å². The van der Waals surface area contributed by atoms with Crippen molar-refractivity contribution >= 4 is 5.97 Å². The number of nitrogens with zero attached hydrogens (tertiary/aromatic N) is 1. The van der Waals surface area contributed by atoms with Crippen LogP contribution >= 0.6 is 0 Å². The molecule has 0 radical (unpaired) electrons. The van der Waals surface area contributed by atoms with Crippen molar-refractivity contribution in [3.63, 3.8) is 0 Å². The Kier molecular flexibility index (Phi) is 5.84. The molecule has 0 bridgehead atoms. The second kappa shape index (κ2) is 8.28. The lowest BCUT2D eigenvalue weighted by Gasteiger charge is -2.37. The van der Waals surface area contributed by atoms with E-state index in [4.69, 9.17) is 4.74 Å². The van der Waals surface area contributed by atoms with Gasteiger partial charge in [-0.15, -0.1) is 0 Å². The standard InChI is InChI=1S/C21H25NO3/c23-20(24)17-21(18-7-3-1-4-8-18,19-9-5-2-6-10-19)11-12-22-13-15-25-16-14-22/h1-10H,11-17H2,(H,23,24). The number of carboxylic acids is 1. The molecule has 0 atom stereocenters. The summed E-state index contributed by atoms with van der Waals surface area (Å²) < 4.78 is 5.43. The molecule has 1 fully saturated rings. The van der Waals surface area contributed by atoms with E-state index >= 15 is 0 Å². The van der Waals surface area contributed by atoms with Gasteiger partial charge in [-0.3, -0.25) is 9.69 Å². The Labute approximate surface area is 149 Å². The Morgan fingerprint density at radius 1 is 0.960 bits per heavy atom. The Balaban J connectivity index is 1.96. The van der Waals surface area contributed by atoms with Gasteiger partial charge in [0.1, 0.15) is 0 Å². The van der Waals surface area contributed by atoms with Crippen molar-refractivity contribution in [3.05, 3.63) is 71.8 Å². The fourth-order valence-electron chi connectivity index (χ4n) is 3.69. The maximum absolute atomic E-state index is 11.8. The van der Waals surface area contributed by atoms with E-state index < -0.39 is 11.4 Å². The zero-order chi connectivity index (χ0) is 17.5. The van der Waals surface area contributed by atoms with Crippen LogP contribution in [0.2, 0.25) is 0 Å². The molecule has 1 saturated heterocycles. The van der Waals surface area contributed by atoms with E-state index in [-0.39, 0.29) is 6.42 Å². The number of rotatable bonds is 7. The Hall–Kier alpha value is -2.17. The Morgan fingerprint density at radius 3 is 1.96 bits per heavy atom. The quantitative estimate of drug-likeness (QED) is 0.842. The molecular formula is C21H25NO3. The second-order valence-corrected chi connectivity index (χ2v) is 6.59. The van der Waals surface area contributed by atoms with Crippen molar-refractivity contribution in [1.29, 1.82) is 0 Å². The predicted octanol–water partition coefficient (Wildman–Crippen LogP) is 3.17. The van der Waals surface area contributed by atoms with Crippen LogP contribution in [0.1, 0.15) is 24.0 Å². The fourth-order valence-corrected chi connectivity index (χ4v) is 3.69. The van der Waals surface area contributed by atoms with Crippen molar-refractivity contribution in [2.45, 2.75) is 18.3 Å². The summed E-state index contributed by atoms with van der Waals surface area (Å²) in [6, 6.07) is 20.1. The highest BCUT2D eigenvalue weighted by Crippen LogP contribution is 2.39. The molecule has 0 spiro atoms. The second-order valence-electron chi connectivity index (χ2n) is 6.59. The van der Waals surface area contributed by atoms with Gasteiger partial charge < -0.3 is 9.84 Å². The Morgan fingerprint density at radius 2 is 1.48 bits per heavy atom. The van der Waals surface area contributed by atoms with Gasteiger partial charge in [0, 0.05) is 18.5 Å². The lowest BCUT2D eigenvalue weighted by Crippen LogP contribution is -2.41. The summed E-state index contributed by atoms with van der Waals surface area (Å²) in [6.07, 6.45) is 0.860. The summed E-state index contributed by atoms with van der Waals surface area (Å²) in [5.41, 5.74) is 1.61. The van der Waals surface area contributed by atoms with Gasteiger partial charge in [-0.05, 0) is 24.1 Å². The largest absolute Gasteiger partial charge is 0.481 e. The number of hydrogen-bond acceptors (Lipinski definition) is 3. The molecule has 4 heteroatoms. The van der Waals surface area contributed by atoms with E-state index in [0.717, 1.165) is 50.4 Å². The van der Waals surface area contributed by atoms with Gasteiger partial charge in [0.15, 0.2) is 0 Å². The molecule has 25 heavy (non-hydrogen) atoms. The molecule has 1 aliphatic rings. The highest BCUT2D eigenvalue weighted by Gasteiger charge is 2.36. The third kappa shape index (κ3) is 4.27. The molecule has 0 amide bonds. The first-order chi connectivity index (χ1) is 12.2. The fraction of sp³-hybridized carbons (Fsp3) is 0.381. The number of morpholine rings is 1. The topological polar surface area (TPSA) is 49.8 Å². The third-order valence-electron chi connectivity index (χ3n) is 5.06. The maximum Gasteiger partial charge on any atom is 0.304 e.